The Morgan fingerprint density at radius 1 is 1.53 bits per heavy atom. The molecule has 0 spiro atoms. The average Bonchev–Trinajstić information content (AvgIpc) is 2.65. The van der Waals surface area contributed by atoms with Gasteiger partial charge in [0.2, 0.25) is 0 Å². The zero-order chi connectivity index (χ0) is 11.3. The van der Waals surface area contributed by atoms with Crippen molar-refractivity contribution in [3.8, 4) is 0 Å². The molecule has 82 valence electrons. The molecule has 0 aromatic carbocycles. The van der Waals surface area contributed by atoms with Crippen molar-refractivity contribution in [3.05, 3.63) is 24.2 Å². The quantitative estimate of drug-likeness (QED) is 0.468. The van der Waals surface area contributed by atoms with E-state index < -0.39 is 0 Å². The predicted molar refractivity (Wildman–Crippen MR) is 64.9 cm³/mol. The standard InChI is InChI=1S/C10H15N3OS/c1-7(2)11-10(15)13-12-8(3)9-5-4-6-14-9/h4-7H,1-3H3,(H2,11,13,15). The molecule has 5 heteroatoms. The van der Waals surface area contributed by atoms with Crippen LogP contribution in [-0.2, 0) is 0 Å². The Morgan fingerprint density at radius 2 is 2.27 bits per heavy atom. The van der Waals surface area contributed by atoms with Gasteiger partial charge in [0.25, 0.3) is 0 Å². The van der Waals surface area contributed by atoms with E-state index in [1.807, 2.05) is 32.9 Å². The van der Waals surface area contributed by atoms with Gasteiger partial charge < -0.3 is 9.73 Å². The highest BCUT2D eigenvalue weighted by atomic mass is 32.1. The van der Waals surface area contributed by atoms with Gasteiger partial charge in [0.05, 0.1) is 6.26 Å². The number of nitrogens with zero attached hydrogens (tertiary/aromatic N) is 1. The van der Waals surface area contributed by atoms with Crippen molar-refractivity contribution >= 4 is 23.0 Å². The molecule has 0 saturated heterocycles. The Morgan fingerprint density at radius 3 is 2.80 bits per heavy atom. The van der Waals surface area contributed by atoms with Crippen molar-refractivity contribution in [2.45, 2.75) is 26.8 Å². The van der Waals surface area contributed by atoms with Gasteiger partial charge in [-0.1, -0.05) is 0 Å². The van der Waals surface area contributed by atoms with E-state index in [9.17, 15) is 0 Å². The molecule has 0 aliphatic heterocycles. The van der Waals surface area contributed by atoms with E-state index in [4.69, 9.17) is 16.6 Å². The minimum absolute atomic E-state index is 0.295. The molecule has 0 fully saturated rings. The van der Waals surface area contributed by atoms with E-state index in [2.05, 4.69) is 15.8 Å². The van der Waals surface area contributed by atoms with E-state index in [1.54, 1.807) is 6.26 Å². The second kappa shape index (κ2) is 5.50. The van der Waals surface area contributed by atoms with Crippen molar-refractivity contribution in [1.82, 2.24) is 10.7 Å². The third-order valence-electron chi connectivity index (χ3n) is 1.62. The summed E-state index contributed by atoms with van der Waals surface area (Å²) in [6.45, 7) is 5.87. The van der Waals surface area contributed by atoms with E-state index in [0.29, 0.717) is 11.2 Å². The Bertz CT molecular complexity index is 344. The second-order valence-corrected chi connectivity index (χ2v) is 3.82. The molecule has 0 amide bonds. The Kier molecular flexibility index (Phi) is 4.30. The molecular weight excluding hydrogens is 210 g/mol. The molecule has 15 heavy (non-hydrogen) atoms. The van der Waals surface area contributed by atoms with Gasteiger partial charge in [0.1, 0.15) is 11.5 Å². The number of thiocarbonyl (C=S) groups is 1. The van der Waals surface area contributed by atoms with Crippen LogP contribution in [0.4, 0.5) is 0 Å². The lowest BCUT2D eigenvalue weighted by atomic mass is 10.3. The first-order valence-corrected chi connectivity index (χ1v) is 5.15. The minimum atomic E-state index is 0.295. The highest BCUT2D eigenvalue weighted by molar-refractivity contribution is 7.80. The molecule has 4 nitrogen and oxygen atoms in total. The van der Waals surface area contributed by atoms with Crippen LogP contribution < -0.4 is 10.7 Å². The van der Waals surface area contributed by atoms with Crippen LogP contribution in [-0.4, -0.2) is 16.9 Å². The highest BCUT2D eigenvalue weighted by Gasteiger charge is 2.00. The van der Waals surface area contributed by atoms with Gasteiger partial charge in [-0.25, -0.2) is 0 Å². The molecule has 0 radical (unpaired) electrons. The molecule has 1 rings (SSSR count). The summed E-state index contributed by atoms with van der Waals surface area (Å²) >= 11 is 5.02. The summed E-state index contributed by atoms with van der Waals surface area (Å²) in [5.41, 5.74) is 3.51. The maximum Gasteiger partial charge on any atom is 0.187 e. The van der Waals surface area contributed by atoms with Crippen molar-refractivity contribution in [3.63, 3.8) is 0 Å². The number of furan rings is 1. The van der Waals surface area contributed by atoms with Gasteiger partial charge in [0, 0.05) is 6.04 Å². The van der Waals surface area contributed by atoms with Crippen LogP contribution in [0.25, 0.3) is 0 Å². The number of rotatable bonds is 3. The lowest BCUT2D eigenvalue weighted by molar-refractivity contribution is 0.556. The second-order valence-electron chi connectivity index (χ2n) is 3.41. The summed E-state index contributed by atoms with van der Waals surface area (Å²) in [4.78, 5) is 0. The summed E-state index contributed by atoms with van der Waals surface area (Å²) in [6.07, 6.45) is 1.61. The summed E-state index contributed by atoms with van der Waals surface area (Å²) in [5, 5.41) is 7.62. The molecule has 1 aromatic heterocycles. The van der Waals surface area contributed by atoms with Crippen LogP contribution in [0, 0.1) is 0 Å². The van der Waals surface area contributed by atoms with Gasteiger partial charge in [0.15, 0.2) is 5.11 Å². The first-order valence-electron chi connectivity index (χ1n) is 4.74. The molecule has 1 heterocycles. The third-order valence-corrected chi connectivity index (χ3v) is 1.83. The Hall–Kier alpha value is -1.36. The number of hydrazone groups is 1. The lowest BCUT2D eigenvalue weighted by Gasteiger charge is -2.09. The first-order chi connectivity index (χ1) is 7.09. The zero-order valence-corrected chi connectivity index (χ0v) is 9.89. The summed E-state index contributed by atoms with van der Waals surface area (Å²) < 4.78 is 5.17. The van der Waals surface area contributed by atoms with Crippen molar-refractivity contribution in [1.29, 1.82) is 0 Å². The fourth-order valence-corrected chi connectivity index (χ4v) is 1.25. The van der Waals surface area contributed by atoms with E-state index in [1.165, 1.54) is 0 Å². The van der Waals surface area contributed by atoms with Gasteiger partial charge in [-0.3, -0.25) is 5.43 Å². The zero-order valence-electron chi connectivity index (χ0n) is 9.07. The van der Waals surface area contributed by atoms with Gasteiger partial charge in [-0.2, -0.15) is 5.10 Å². The molecule has 0 aliphatic rings. The smallest absolute Gasteiger partial charge is 0.187 e. The molecule has 2 N–H and O–H groups in total. The molecule has 0 saturated carbocycles. The topological polar surface area (TPSA) is 49.6 Å². The van der Waals surface area contributed by atoms with Crippen LogP contribution in [0.15, 0.2) is 27.9 Å². The van der Waals surface area contributed by atoms with Gasteiger partial charge in [-0.05, 0) is 45.1 Å². The van der Waals surface area contributed by atoms with Crippen LogP contribution in [0.2, 0.25) is 0 Å². The van der Waals surface area contributed by atoms with Crippen LogP contribution in [0.5, 0.6) is 0 Å². The largest absolute Gasteiger partial charge is 0.463 e. The first kappa shape index (κ1) is 11.7. The van der Waals surface area contributed by atoms with E-state index in [-0.39, 0.29) is 0 Å². The van der Waals surface area contributed by atoms with Crippen LogP contribution >= 0.6 is 12.2 Å². The molecule has 0 bridgehead atoms. The van der Waals surface area contributed by atoms with Crippen molar-refractivity contribution in [2.75, 3.05) is 0 Å². The summed E-state index contributed by atoms with van der Waals surface area (Å²) in [7, 11) is 0. The maximum absolute atomic E-state index is 5.17. The number of nitrogens with one attached hydrogen (secondary N) is 2. The molecule has 1 aromatic rings. The predicted octanol–water partition coefficient (Wildman–Crippen LogP) is 1.88. The minimum Gasteiger partial charge on any atom is -0.463 e. The molecule has 0 aliphatic carbocycles. The summed E-state index contributed by atoms with van der Waals surface area (Å²) in [6, 6.07) is 3.96. The summed E-state index contributed by atoms with van der Waals surface area (Å²) in [5.74, 6) is 0.731. The monoisotopic (exact) mass is 225 g/mol. The molecular formula is C10H15N3OS. The highest BCUT2D eigenvalue weighted by Crippen LogP contribution is 2.00. The van der Waals surface area contributed by atoms with Crippen molar-refractivity contribution < 1.29 is 4.42 Å². The average molecular weight is 225 g/mol. The fourth-order valence-electron chi connectivity index (χ4n) is 0.969. The van der Waals surface area contributed by atoms with E-state index in [0.717, 1.165) is 11.5 Å². The number of hydrogen-bond donors (Lipinski definition) is 2. The lowest BCUT2D eigenvalue weighted by Crippen LogP contribution is -2.37. The Balaban J connectivity index is 2.48. The molecule has 0 unspecified atom stereocenters. The Labute approximate surface area is 94.7 Å². The SMILES string of the molecule is CC(=NNC(=S)NC(C)C)c1ccco1. The maximum atomic E-state index is 5.17. The van der Waals surface area contributed by atoms with Crippen LogP contribution in [0.1, 0.15) is 26.5 Å². The third kappa shape index (κ3) is 4.12. The van der Waals surface area contributed by atoms with Gasteiger partial charge in [-0.15, -0.1) is 0 Å². The number of hydrogen-bond acceptors (Lipinski definition) is 3. The van der Waals surface area contributed by atoms with Crippen molar-refractivity contribution in [2.24, 2.45) is 5.10 Å². The molecule has 0 atom stereocenters. The fraction of sp³-hybridized carbons (Fsp3) is 0.400. The van der Waals surface area contributed by atoms with Crippen LogP contribution in [0.3, 0.4) is 0 Å². The van der Waals surface area contributed by atoms with E-state index >= 15 is 0 Å². The normalized spacial score (nSPS) is 11.6. The van der Waals surface area contributed by atoms with Gasteiger partial charge >= 0.3 is 0 Å².